The van der Waals surface area contributed by atoms with Gasteiger partial charge in [-0.3, -0.25) is 4.79 Å². The number of benzene rings is 1. The molecule has 1 atom stereocenters. The van der Waals surface area contributed by atoms with Gasteiger partial charge in [0.25, 0.3) is 0 Å². The van der Waals surface area contributed by atoms with Crippen molar-refractivity contribution in [3.63, 3.8) is 0 Å². The number of ether oxygens (including phenoxy) is 2. The Bertz CT molecular complexity index is 625. The fraction of sp³-hybridized carbons (Fsp3) is 0.385. The SMILES string of the molecule is CCOC(=O)c1ccc(S(=O)(=O)N2CCOC2C=O)cc1. The minimum absolute atomic E-state index is 0.00658. The van der Waals surface area contributed by atoms with Crippen LogP contribution in [0.25, 0.3) is 0 Å². The average molecular weight is 313 g/mol. The Morgan fingerprint density at radius 3 is 2.67 bits per heavy atom. The third kappa shape index (κ3) is 3.12. The Balaban J connectivity index is 2.25. The second kappa shape index (κ2) is 6.33. The van der Waals surface area contributed by atoms with Crippen molar-refractivity contribution in [2.24, 2.45) is 0 Å². The van der Waals surface area contributed by atoms with Gasteiger partial charge in [0.05, 0.1) is 23.7 Å². The maximum atomic E-state index is 12.4. The van der Waals surface area contributed by atoms with Crippen molar-refractivity contribution in [3.8, 4) is 0 Å². The predicted octanol–water partition coefficient (Wildman–Crippen LogP) is 0.409. The minimum Gasteiger partial charge on any atom is -0.462 e. The molecule has 0 amide bonds. The van der Waals surface area contributed by atoms with Gasteiger partial charge in [0.15, 0.2) is 12.5 Å². The number of nitrogens with zero attached hydrogens (tertiary/aromatic N) is 1. The van der Waals surface area contributed by atoms with Crippen LogP contribution in [-0.2, 0) is 24.3 Å². The molecule has 1 saturated heterocycles. The summed E-state index contributed by atoms with van der Waals surface area (Å²) in [7, 11) is -3.83. The van der Waals surface area contributed by atoms with Gasteiger partial charge < -0.3 is 9.47 Å². The average Bonchev–Trinajstić information content (AvgIpc) is 2.97. The van der Waals surface area contributed by atoms with E-state index in [1.807, 2.05) is 0 Å². The molecule has 1 aromatic carbocycles. The topological polar surface area (TPSA) is 90.0 Å². The Hall–Kier alpha value is -1.77. The molecule has 1 heterocycles. The summed E-state index contributed by atoms with van der Waals surface area (Å²) in [5, 5.41) is 0. The van der Waals surface area contributed by atoms with E-state index in [-0.39, 0.29) is 30.2 Å². The van der Waals surface area contributed by atoms with Crippen molar-refractivity contribution in [1.29, 1.82) is 0 Å². The summed E-state index contributed by atoms with van der Waals surface area (Å²) >= 11 is 0. The molecule has 1 aliphatic heterocycles. The van der Waals surface area contributed by atoms with E-state index >= 15 is 0 Å². The van der Waals surface area contributed by atoms with Crippen LogP contribution in [0.2, 0.25) is 0 Å². The molecule has 114 valence electrons. The van der Waals surface area contributed by atoms with Crippen molar-refractivity contribution >= 4 is 22.3 Å². The second-order valence-electron chi connectivity index (χ2n) is 4.26. The second-order valence-corrected chi connectivity index (χ2v) is 6.15. The van der Waals surface area contributed by atoms with Crippen molar-refractivity contribution in [2.75, 3.05) is 19.8 Å². The van der Waals surface area contributed by atoms with Gasteiger partial charge in [0, 0.05) is 6.54 Å². The van der Waals surface area contributed by atoms with E-state index in [4.69, 9.17) is 9.47 Å². The molecule has 0 spiro atoms. The monoisotopic (exact) mass is 313 g/mol. The van der Waals surface area contributed by atoms with Crippen LogP contribution in [0.4, 0.5) is 0 Å². The maximum absolute atomic E-state index is 12.4. The molecule has 0 saturated carbocycles. The first kappa shape index (κ1) is 15.6. The van der Waals surface area contributed by atoms with Crippen molar-refractivity contribution in [2.45, 2.75) is 18.0 Å². The highest BCUT2D eigenvalue weighted by Gasteiger charge is 2.36. The van der Waals surface area contributed by atoms with Gasteiger partial charge in [-0.2, -0.15) is 4.31 Å². The third-order valence-electron chi connectivity index (χ3n) is 2.97. The Morgan fingerprint density at radius 1 is 1.43 bits per heavy atom. The largest absolute Gasteiger partial charge is 0.462 e. The van der Waals surface area contributed by atoms with Crippen LogP contribution in [0.1, 0.15) is 17.3 Å². The molecule has 0 radical (unpaired) electrons. The maximum Gasteiger partial charge on any atom is 0.338 e. The zero-order chi connectivity index (χ0) is 15.5. The molecular weight excluding hydrogens is 298 g/mol. The molecule has 1 aromatic rings. The molecule has 1 aliphatic rings. The number of aldehydes is 1. The van der Waals surface area contributed by atoms with E-state index < -0.39 is 22.2 Å². The lowest BCUT2D eigenvalue weighted by molar-refractivity contribution is -0.118. The summed E-state index contributed by atoms with van der Waals surface area (Å²) in [5.41, 5.74) is 0.264. The first-order valence-corrected chi connectivity index (χ1v) is 7.80. The molecule has 8 heteroatoms. The third-order valence-corrected chi connectivity index (χ3v) is 4.85. The zero-order valence-electron chi connectivity index (χ0n) is 11.4. The summed E-state index contributed by atoms with van der Waals surface area (Å²) in [6, 6.07) is 5.36. The molecule has 0 N–H and O–H groups in total. The number of hydrogen-bond acceptors (Lipinski definition) is 6. The first-order valence-electron chi connectivity index (χ1n) is 6.36. The molecule has 1 unspecified atom stereocenters. The Kier molecular flexibility index (Phi) is 4.71. The van der Waals surface area contributed by atoms with Gasteiger partial charge in [-0.25, -0.2) is 13.2 Å². The molecule has 7 nitrogen and oxygen atoms in total. The highest BCUT2D eigenvalue weighted by atomic mass is 32.2. The summed E-state index contributed by atoms with van der Waals surface area (Å²) in [6.07, 6.45) is -0.655. The van der Waals surface area contributed by atoms with Gasteiger partial charge in [0.1, 0.15) is 0 Å². The van der Waals surface area contributed by atoms with Crippen LogP contribution in [0, 0.1) is 0 Å². The van der Waals surface area contributed by atoms with Crippen molar-refractivity contribution < 1.29 is 27.5 Å². The van der Waals surface area contributed by atoms with Crippen LogP contribution >= 0.6 is 0 Å². The summed E-state index contributed by atoms with van der Waals surface area (Å²) in [5.74, 6) is -0.517. The van der Waals surface area contributed by atoms with E-state index in [0.717, 1.165) is 4.31 Å². The highest BCUT2D eigenvalue weighted by molar-refractivity contribution is 7.89. The Labute approximate surface area is 122 Å². The number of rotatable bonds is 5. The van der Waals surface area contributed by atoms with Crippen LogP contribution in [0.5, 0.6) is 0 Å². The van der Waals surface area contributed by atoms with E-state index in [1.165, 1.54) is 24.3 Å². The fourth-order valence-electron chi connectivity index (χ4n) is 1.95. The molecule has 0 aliphatic carbocycles. The summed E-state index contributed by atoms with van der Waals surface area (Å²) in [4.78, 5) is 22.3. The van der Waals surface area contributed by atoms with Crippen LogP contribution in [0.15, 0.2) is 29.2 Å². The van der Waals surface area contributed by atoms with Gasteiger partial charge in [-0.05, 0) is 31.2 Å². The smallest absolute Gasteiger partial charge is 0.338 e. The molecule has 0 bridgehead atoms. The number of carbonyl (C=O) groups excluding carboxylic acids is 2. The number of esters is 1. The van der Waals surface area contributed by atoms with Gasteiger partial charge in [0.2, 0.25) is 10.0 Å². The van der Waals surface area contributed by atoms with E-state index in [2.05, 4.69) is 0 Å². The molecule has 1 fully saturated rings. The highest BCUT2D eigenvalue weighted by Crippen LogP contribution is 2.22. The molecular formula is C13H15NO6S. The van der Waals surface area contributed by atoms with Crippen molar-refractivity contribution in [3.05, 3.63) is 29.8 Å². The first-order chi connectivity index (χ1) is 10.0. The van der Waals surface area contributed by atoms with Crippen LogP contribution in [0.3, 0.4) is 0 Å². The van der Waals surface area contributed by atoms with Gasteiger partial charge >= 0.3 is 5.97 Å². The fourth-order valence-corrected chi connectivity index (χ4v) is 3.40. The predicted molar refractivity (Wildman–Crippen MR) is 72.1 cm³/mol. The normalized spacial score (nSPS) is 19.4. The molecule has 0 aromatic heterocycles. The van der Waals surface area contributed by atoms with Crippen LogP contribution in [-0.4, -0.2) is 51.0 Å². The molecule has 2 rings (SSSR count). The number of carbonyl (C=O) groups is 2. The van der Waals surface area contributed by atoms with Gasteiger partial charge in [-0.1, -0.05) is 0 Å². The Morgan fingerprint density at radius 2 is 2.10 bits per heavy atom. The van der Waals surface area contributed by atoms with E-state index in [0.29, 0.717) is 6.29 Å². The van der Waals surface area contributed by atoms with E-state index in [9.17, 15) is 18.0 Å². The standard InChI is InChI=1S/C13H15NO6S/c1-2-19-13(16)10-3-5-11(6-4-10)21(17,18)14-7-8-20-12(14)9-15/h3-6,9,12H,2,7-8H2,1H3. The zero-order valence-corrected chi connectivity index (χ0v) is 12.2. The molecule has 21 heavy (non-hydrogen) atoms. The van der Waals surface area contributed by atoms with Crippen molar-refractivity contribution in [1.82, 2.24) is 4.31 Å². The number of sulfonamides is 1. The lowest BCUT2D eigenvalue weighted by Crippen LogP contribution is -2.37. The lowest BCUT2D eigenvalue weighted by Gasteiger charge is -2.18. The summed E-state index contributed by atoms with van der Waals surface area (Å²) in [6.45, 7) is 2.21. The minimum atomic E-state index is -3.83. The van der Waals surface area contributed by atoms with Gasteiger partial charge in [-0.15, -0.1) is 0 Å². The van der Waals surface area contributed by atoms with Crippen LogP contribution < -0.4 is 0 Å². The quantitative estimate of drug-likeness (QED) is 0.578. The van der Waals surface area contributed by atoms with E-state index in [1.54, 1.807) is 6.92 Å². The summed E-state index contributed by atoms with van der Waals surface area (Å²) < 4.78 is 35.6. The lowest BCUT2D eigenvalue weighted by atomic mass is 10.2. The number of hydrogen-bond donors (Lipinski definition) is 0.